The van der Waals surface area contributed by atoms with Crippen LogP contribution in [-0.4, -0.2) is 49.0 Å². The van der Waals surface area contributed by atoms with Gasteiger partial charge in [-0.2, -0.15) is 0 Å². The molecule has 0 radical (unpaired) electrons. The summed E-state index contributed by atoms with van der Waals surface area (Å²) >= 11 is 0. The fourth-order valence-corrected chi connectivity index (χ4v) is 2.94. The maximum absolute atomic E-state index is 8.98. The molecule has 104 valence electrons. The molecule has 1 saturated heterocycles. The first-order valence-electron chi connectivity index (χ1n) is 7.07. The summed E-state index contributed by atoms with van der Waals surface area (Å²) in [5, 5.41) is 8.98. The number of rotatable bonds is 4. The van der Waals surface area contributed by atoms with Gasteiger partial charge >= 0.3 is 0 Å². The van der Waals surface area contributed by atoms with Gasteiger partial charge in [-0.05, 0) is 37.4 Å². The van der Waals surface area contributed by atoms with Crippen LogP contribution in [0, 0.1) is 5.92 Å². The first kappa shape index (κ1) is 12.8. The number of hydrogen-bond donors (Lipinski definition) is 1. The number of benzene rings is 1. The van der Waals surface area contributed by atoms with Gasteiger partial charge < -0.3 is 14.6 Å². The zero-order valence-corrected chi connectivity index (χ0v) is 11.1. The van der Waals surface area contributed by atoms with E-state index in [1.807, 2.05) is 24.3 Å². The molecule has 0 aliphatic carbocycles. The average Bonchev–Trinajstić information content (AvgIpc) is 2.86. The van der Waals surface area contributed by atoms with Crippen LogP contribution in [0.1, 0.15) is 12.8 Å². The largest absolute Gasteiger partial charge is 0.486 e. The Hall–Kier alpha value is -1.26. The van der Waals surface area contributed by atoms with Crippen molar-refractivity contribution in [1.29, 1.82) is 0 Å². The average molecular weight is 263 g/mol. The molecule has 4 heteroatoms. The van der Waals surface area contributed by atoms with E-state index < -0.39 is 0 Å². The van der Waals surface area contributed by atoms with Crippen molar-refractivity contribution in [3.63, 3.8) is 0 Å². The number of para-hydroxylation sites is 2. The van der Waals surface area contributed by atoms with Gasteiger partial charge in [-0.3, -0.25) is 4.90 Å². The molecule has 4 nitrogen and oxygen atoms in total. The minimum absolute atomic E-state index is 0.114. The van der Waals surface area contributed by atoms with Crippen molar-refractivity contribution in [2.75, 3.05) is 32.8 Å². The molecular formula is C15H21NO3. The molecule has 1 fully saturated rings. The molecule has 2 aliphatic heterocycles. The second-order valence-electron chi connectivity index (χ2n) is 5.42. The molecule has 2 heterocycles. The highest BCUT2D eigenvalue weighted by Crippen LogP contribution is 2.31. The molecule has 1 aromatic carbocycles. The molecule has 0 bridgehead atoms. The van der Waals surface area contributed by atoms with Crippen LogP contribution in [0.3, 0.4) is 0 Å². The van der Waals surface area contributed by atoms with E-state index in [-0.39, 0.29) is 6.10 Å². The molecule has 1 aromatic rings. The third-order valence-corrected chi connectivity index (χ3v) is 3.94. The van der Waals surface area contributed by atoms with Crippen LogP contribution in [0.25, 0.3) is 0 Å². The Labute approximate surface area is 113 Å². The third-order valence-electron chi connectivity index (χ3n) is 3.94. The Kier molecular flexibility index (Phi) is 3.89. The van der Waals surface area contributed by atoms with Crippen LogP contribution in [0.4, 0.5) is 0 Å². The lowest BCUT2D eigenvalue weighted by Gasteiger charge is -2.29. The summed E-state index contributed by atoms with van der Waals surface area (Å²) in [6.45, 7) is 4.01. The summed E-state index contributed by atoms with van der Waals surface area (Å²) in [5.41, 5.74) is 0. The maximum Gasteiger partial charge on any atom is 0.161 e. The second-order valence-corrected chi connectivity index (χ2v) is 5.42. The molecule has 0 saturated carbocycles. The molecule has 2 unspecified atom stereocenters. The fraction of sp³-hybridized carbons (Fsp3) is 0.600. The van der Waals surface area contributed by atoms with Gasteiger partial charge in [0.15, 0.2) is 11.5 Å². The Morgan fingerprint density at radius 3 is 2.95 bits per heavy atom. The lowest BCUT2D eigenvalue weighted by atomic mass is 10.1. The van der Waals surface area contributed by atoms with E-state index in [1.54, 1.807) is 0 Å². The first-order valence-corrected chi connectivity index (χ1v) is 7.07. The quantitative estimate of drug-likeness (QED) is 0.894. The molecule has 0 aromatic heterocycles. The Balaban J connectivity index is 1.53. The standard InChI is InChI=1S/C15H21NO3/c17-8-6-12-5-7-16(9-12)10-13-11-18-14-3-1-2-4-15(14)19-13/h1-4,12-13,17H,5-11H2. The van der Waals surface area contributed by atoms with Crippen molar-refractivity contribution in [1.82, 2.24) is 4.90 Å². The predicted molar refractivity (Wildman–Crippen MR) is 72.6 cm³/mol. The van der Waals surface area contributed by atoms with Crippen molar-refractivity contribution < 1.29 is 14.6 Å². The van der Waals surface area contributed by atoms with E-state index in [1.165, 1.54) is 6.42 Å². The van der Waals surface area contributed by atoms with Gasteiger partial charge in [0.05, 0.1) is 0 Å². The SMILES string of the molecule is OCCC1CCN(CC2COc3ccccc3O2)C1. The molecule has 0 amide bonds. The van der Waals surface area contributed by atoms with Gasteiger partial charge in [-0.1, -0.05) is 12.1 Å². The van der Waals surface area contributed by atoms with Gasteiger partial charge in [0, 0.05) is 19.7 Å². The summed E-state index contributed by atoms with van der Waals surface area (Å²) in [7, 11) is 0. The maximum atomic E-state index is 8.98. The van der Waals surface area contributed by atoms with Crippen LogP contribution in [0.2, 0.25) is 0 Å². The van der Waals surface area contributed by atoms with Gasteiger partial charge in [0.2, 0.25) is 0 Å². The van der Waals surface area contributed by atoms with Crippen LogP contribution < -0.4 is 9.47 Å². The molecule has 2 atom stereocenters. The highest BCUT2D eigenvalue weighted by atomic mass is 16.6. The monoisotopic (exact) mass is 263 g/mol. The summed E-state index contributed by atoms with van der Waals surface area (Å²) in [5.74, 6) is 2.34. The Bertz CT molecular complexity index is 424. The van der Waals surface area contributed by atoms with Crippen molar-refractivity contribution in [3.8, 4) is 11.5 Å². The summed E-state index contributed by atoms with van der Waals surface area (Å²) < 4.78 is 11.7. The third kappa shape index (κ3) is 3.01. The number of nitrogens with zero attached hydrogens (tertiary/aromatic N) is 1. The lowest BCUT2D eigenvalue weighted by molar-refractivity contribution is 0.0638. The van der Waals surface area contributed by atoms with Gasteiger partial charge in [-0.15, -0.1) is 0 Å². The number of fused-ring (bicyclic) bond motifs is 1. The first-order chi connectivity index (χ1) is 9.35. The molecule has 2 aliphatic rings. The zero-order valence-electron chi connectivity index (χ0n) is 11.1. The minimum atomic E-state index is 0.114. The molecule has 19 heavy (non-hydrogen) atoms. The lowest BCUT2D eigenvalue weighted by Crippen LogP contribution is -2.40. The predicted octanol–water partition coefficient (Wildman–Crippen LogP) is 1.53. The summed E-state index contributed by atoms with van der Waals surface area (Å²) in [6.07, 6.45) is 2.22. The highest BCUT2D eigenvalue weighted by molar-refractivity contribution is 5.40. The topological polar surface area (TPSA) is 41.9 Å². The van der Waals surface area contributed by atoms with Crippen LogP contribution >= 0.6 is 0 Å². The van der Waals surface area contributed by atoms with E-state index in [0.717, 1.165) is 37.6 Å². The van der Waals surface area contributed by atoms with E-state index >= 15 is 0 Å². The van der Waals surface area contributed by atoms with Gasteiger partial charge in [-0.25, -0.2) is 0 Å². The van der Waals surface area contributed by atoms with Crippen molar-refractivity contribution in [2.45, 2.75) is 18.9 Å². The molecule has 3 rings (SSSR count). The van der Waals surface area contributed by atoms with Gasteiger partial charge in [0.1, 0.15) is 12.7 Å². The number of likely N-dealkylation sites (tertiary alicyclic amines) is 1. The zero-order chi connectivity index (χ0) is 13.1. The highest BCUT2D eigenvalue weighted by Gasteiger charge is 2.27. The molecule has 1 N–H and O–H groups in total. The van der Waals surface area contributed by atoms with Crippen molar-refractivity contribution >= 4 is 0 Å². The smallest absolute Gasteiger partial charge is 0.161 e. The van der Waals surface area contributed by atoms with E-state index in [0.29, 0.717) is 19.1 Å². The number of aliphatic hydroxyl groups is 1. The van der Waals surface area contributed by atoms with Crippen LogP contribution in [-0.2, 0) is 0 Å². The van der Waals surface area contributed by atoms with E-state index in [9.17, 15) is 0 Å². The van der Waals surface area contributed by atoms with Crippen molar-refractivity contribution in [3.05, 3.63) is 24.3 Å². The van der Waals surface area contributed by atoms with E-state index in [4.69, 9.17) is 14.6 Å². The fourth-order valence-electron chi connectivity index (χ4n) is 2.94. The number of aliphatic hydroxyl groups excluding tert-OH is 1. The number of ether oxygens (including phenoxy) is 2. The normalized spacial score (nSPS) is 26.6. The Morgan fingerprint density at radius 1 is 1.26 bits per heavy atom. The second kappa shape index (κ2) is 5.80. The Morgan fingerprint density at radius 2 is 2.11 bits per heavy atom. The summed E-state index contributed by atoms with van der Waals surface area (Å²) in [4.78, 5) is 2.42. The molecular weight excluding hydrogens is 242 g/mol. The molecule has 0 spiro atoms. The van der Waals surface area contributed by atoms with Crippen molar-refractivity contribution in [2.24, 2.45) is 5.92 Å². The number of hydrogen-bond acceptors (Lipinski definition) is 4. The van der Waals surface area contributed by atoms with Gasteiger partial charge in [0.25, 0.3) is 0 Å². The minimum Gasteiger partial charge on any atom is -0.486 e. The van der Waals surface area contributed by atoms with Crippen LogP contribution in [0.15, 0.2) is 24.3 Å². The van der Waals surface area contributed by atoms with E-state index in [2.05, 4.69) is 4.90 Å². The summed E-state index contributed by atoms with van der Waals surface area (Å²) in [6, 6.07) is 7.83. The van der Waals surface area contributed by atoms with Crippen LogP contribution in [0.5, 0.6) is 11.5 Å².